The highest BCUT2D eigenvalue weighted by atomic mass is 79.9. The van der Waals surface area contributed by atoms with Crippen molar-refractivity contribution in [1.29, 1.82) is 0 Å². The first-order valence-electron chi connectivity index (χ1n) is 5.01. The topological polar surface area (TPSA) is 64.7 Å². The van der Waals surface area contributed by atoms with Crippen LogP contribution in [0.2, 0.25) is 0 Å². The minimum Gasteiger partial charge on any atom is -0.504 e. The van der Waals surface area contributed by atoms with Crippen molar-refractivity contribution in [2.45, 2.75) is 18.3 Å². The lowest BCUT2D eigenvalue weighted by Crippen LogP contribution is -2.18. The molecule has 3 N–H and O–H groups in total. The molecular formula is C11H14BrNO3. The van der Waals surface area contributed by atoms with E-state index in [2.05, 4.69) is 15.9 Å². The largest absolute Gasteiger partial charge is 0.504 e. The molecule has 1 saturated carbocycles. The Labute approximate surface area is 102 Å². The van der Waals surface area contributed by atoms with Crippen molar-refractivity contribution in [3.63, 3.8) is 0 Å². The molecule has 2 rings (SSSR count). The van der Waals surface area contributed by atoms with Crippen LogP contribution in [0, 0.1) is 0 Å². The monoisotopic (exact) mass is 287 g/mol. The summed E-state index contributed by atoms with van der Waals surface area (Å²) in [5.74, 6) is 5.73. The van der Waals surface area contributed by atoms with Crippen LogP contribution in [-0.4, -0.2) is 18.8 Å². The van der Waals surface area contributed by atoms with Crippen LogP contribution in [-0.2, 0) is 10.3 Å². The molecule has 0 spiro atoms. The van der Waals surface area contributed by atoms with Gasteiger partial charge in [0.2, 0.25) is 0 Å². The maximum Gasteiger partial charge on any atom is 0.161 e. The third kappa shape index (κ3) is 1.90. The van der Waals surface area contributed by atoms with Crippen LogP contribution in [0.15, 0.2) is 16.6 Å². The summed E-state index contributed by atoms with van der Waals surface area (Å²) in [7, 11) is 1.52. The number of ether oxygens (including phenoxy) is 1. The highest BCUT2D eigenvalue weighted by Gasteiger charge is 2.46. The fourth-order valence-electron chi connectivity index (χ4n) is 1.92. The van der Waals surface area contributed by atoms with E-state index in [9.17, 15) is 5.11 Å². The molecule has 0 unspecified atom stereocenters. The normalized spacial score (nSPS) is 17.2. The van der Waals surface area contributed by atoms with E-state index < -0.39 is 0 Å². The van der Waals surface area contributed by atoms with Gasteiger partial charge in [-0.3, -0.25) is 0 Å². The molecule has 0 amide bonds. The molecule has 0 bridgehead atoms. The Balaban J connectivity index is 2.39. The van der Waals surface area contributed by atoms with E-state index in [1.807, 2.05) is 0 Å². The second-order valence-corrected chi connectivity index (χ2v) is 4.95. The maximum absolute atomic E-state index is 9.76. The van der Waals surface area contributed by atoms with Crippen molar-refractivity contribution < 1.29 is 14.7 Å². The molecule has 0 aromatic heterocycles. The van der Waals surface area contributed by atoms with Crippen LogP contribution in [0.25, 0.3) is 0 Å². The molecule has 5 heteroatoms. The van der Waals surface area contributed by atoms with Crippen LogP contribution >= 0.6 is 15.9 Å². The SMILES string of the molecule is COc1cc(Br)c(C2(CON)CC2)cc1O. The van der Waals surface area contributed by atoms with Gasteiger partial charge < -0.3 is 14.7 Å². The van der Waals surface area contributed by atoms with Crippen molar-refractivity contribution in [2.75, 3.05) is 13.7 Å². The van der Waals surface area contributed by atoms with Crippen LogP contribution in [0.3, 0.4) is 0 Å². The standard InChI is InChI=1S/C11H14BrNO3/c1-15-10-5-8(12)7(4-9(10)14)11(2-3-11)6-16-13/h4-5,14H,2-3,6,13H2,1H3. The fraction of sp³-hybridized carbons (Fsp3) is 0.455. The van der Waals surface area contributed by atoms with Gasteiger partial charge in [-0.15, -0.1) is 0 Å². The molecule has 16 heavy (non-hydrogen) atoms. The number of phenolic OH excluding ortho intramolecular Hbond substituents is 1. The van der Waals surface area contributed by atoms with E-state index >= 15 is 0 Å². The number of aromatic hydroxyl groups is 1. The summed E-state index contributed by atoms with van der Waals surface area (Å²) in [6.07, 6.45) is 2.04. The number of phenols is 1. The molecule has 0 saturated heterocycles. The molecule has 1 fully saturated rings. The van der Waals surface area contributed by atoms with Crippen LogP contribution in [0.5, 0.6) is 11.5 Å². The third-order valence-corrected chi connectivity index (χ3v) is 3.71. The van der Waals surface area contributed by atoms with Gasteiger partial charge in [0, 0.05) is 9.89 Å². The van der Waals surface area contributed by atoms with Gasteiger partial charge in [0.05, 0.1) is 13.7 Å². The number of benzene rings is 1. The lowest BCUT2D eigenvalue weighted by atomic mass is 9.96. The average molecular weight is 288 g/mol. The molecule has 1 aliphatic carbocycles. The molecule has 0 radical (unpaired) electrons. The zero-order chi connectivity index (χ0) is 11.8. The lowest BCUT2D eigenvalue weighted by Gasteiger charge is -2.17. The molecule has 88 valence electrons. The number of methoxy groups -OCH3 is 1. The Bertz CT molecular complexity index is 404. The summed E-state index contributed by atoms with van der Waals surface area (Å²) in [6.45, 7) is 0.470. The molecule has 4 nitrogen and oxygen atoms in total. The van der Waals surface area contributed by atoms with E-state index in [0.717, 1.165) is 22.9 Å². The molecule has 0 atom stereocenters. The smallest absolute Gasteiger partial charge is 0.161 e. The minimum absolute atomic E-state index is 0.0443. The number of halogens is 1. The van der Waals surface area contributed by atoms with Crippen molar-refractivity contribution >= 4 is 15.9 Å². The first-order chi connectivity index (χ1) is 7.63. The van der Waals surface area contributed by atoms with Gasteiger partial charge in [-0.1, -0.05) is 15.9 Å². The van der Waals surface area contributed by atoms with Crippen molar-refractivity contribution in [3.05, 3.63) is 22.2 Å². The van der Waals surface area contributed by atoms with Crippen LogP contribution < -0.4 is 10.6 Å². The van der Waals surface area contributed by atoms with Gasteiger partial charge in [0.1, 0.15) is 0 Å². The van der Waals surface area contributed by atoms with Crippen molar-refractivity contribution in [2.24, 2.45) is 5.90 Å². The fourth-order valence-corrected chi connectivity index (χ4v) is 2.66. The Kier molecular flexibility index (Phi) is 3.10. The van der Waals surface area contributed by atoms with Gasteiger partial charge in [-0.25, -0.2) is 5.90 Å². The molecule has 1 aromatic rings. The average Bonchev–Trinajstić information content (AvgIpc) is 3.02. The van der Waals surface area contributed by atoms with Gasteiger partial charge >= 0.3 is 0 Å². The molecule has 1 aromatic carbocycles. The third-order valence-electron chi connectivity index (χ3n) is 3.05. The Morgan fingerprint density at radius 3 is 2.69 bits per heavy atom. The number of hydrogen-bond donors (Lipinski definition) is 2. The summed E-state index contributed by atoms with van der Waals surface area (Å²) in [6, 6.07) is 3.48. The Morgan fingerprint density at radius 2 is 2.19 bits per heavy atom. The molecule has 0 aliphatic heterocycles. The van der Waals surface area contributed by atoms with E-state index in [0.29, 0.717) is 12.4 Å². The predicted molar refractivity (Wildman–Crippen MR) is 63.4 cm³/mol. The number of rotatable bonds is 4. The number of nitrogens with two attached hydrogens (primary N) is 1. The lowest BCUT2D eigenvalue weighted by molar-refractivity contribution is 0.116. The van der Waals surface area contributed by atoms with E-state index in [4.69, 9.17) is 15.5 Å². The highest BCUT2D eigenvalue weighted by Crippen LogP contribution is 2.52. The first kappa shape index (κ1) is 11.7. The van der Waals surface area contributed by atoms with Gasteiger partial charge in [-0.2, -0.15) is 0 Å². The molecule has 1 aliphatic rings. The second-order valence-electron chi connectivity index (χ2n) is 4.10. The minimum atomic E-state index is -0.0443. The van der Waals surface area contributed by atoms with Crippen LogP contribution in [0.1, 0.15) is 18.4 Å². The summed E-state index contributed by atoms with van der Waals surface area (Å²) < 4.78 is 5.95. The van der Waals surface area contributed by atoms with E-state index in [1.165, 1.54) is 7.11 Å². The summed E-state index contributed by atoms with van der Waals surface area (Å²) >= 11 is 3.48. The van der Waals surface area contributed by atoms with E-state index in [1.54, 1.807) is 12.1 Å². The zero-order valence-corrected chi connectivity index (χ0v) is 10.6. The second kappa shape index (κ2) is 4.24. The van der Waals surface area contributed by atoms with Gasteiger partial charge in [-0.05, 0) is 30.5 Å². The summed E-state index contributed by atoms with van der Waals surface area (Å²) in [5, 5.41) is 9.76. The predicted octanol–water partition coefficient (Wildman–Crippen LogP) is 2.09. The highest BCUT2D eigenvalue weighted by molar-refractivity contribution is 9.10. The van der Waals surface area contributed by atoms with Gasteiger partial charge in [0.15, 0.2) is 11.5 Å². The Hall–Kier alpha value is -0.780. The van der Waals surface area contributed by atoms with Gasteiger partial charge in [0.25, 0.3) is 0 Å². The van der Waals surface area contributed by atoms with Crippen molar-refractivity contribution in [3.8, 4) is 11.5 Å². The Morgan fingerprint density at radius 1 is 1.50 bits per heavy atom. The molecular weight excluding hydrogens is 274 g/mol. The molecule has 0 heterocycles. The zero-order valence-electron chi connectivity index (χ0n) is 9.00. The van der Waals surface area contributed by atoms with Crippen LogP contribution in [0.4, 0.5) is 0 Å². The van der Waals surface area contributed by atoms with Crippen molar-refractivity contribution in [1.82, 2.24) is 0 Å². The van der Waals surface area contributed by atoms with E-state index in [-0.39, 0.29) is 11.2 Å². The number of hydrogen-bond acceptors (Lipinski definition) is 4. The quantitative estimate of drug-likeness (QED) is 0.833. The summed E-state index contributed by atoms with van der Waals surface area (Å²) in [5.41, 5.74) is 0.980. The first-order valence-corrected chi connectivity index (χ1v) is 5.81. The summed E-state index contributed by atoms with van der Waals surface area (Å²) in [4.78, 5) is 4.74. The maximum atomic E-state index is 9.76.